The first kappa shape index (κ1) is 21.6. The summed E-state index contributed by atoms with van der Waals surface area (Å²) in [5.74, 6) is 0.345. The number of aliphatic hydroxyl groups is 1. The average Bonchev–Trinajstić information content (AvgIpc) is 2.55. The standard InChI is InChI=1S/C18H28ClINO3P/c1-13(15-7-8-18(20)17(19)9-15)21-10-16(22)12-25(23,24)11-14-5-3-2-4-6-14/h7-9,13-14,16,21-22H,2-6,10-12H2,1H3,(H,23,24)/t13?,16-/m1/s1. The molecule has 3 N–H and O–H groups in total. The van der Waals surface area contributed by atoms with Crippen molar-refractivity contribution in [3.05, 3.63) is 32.4 Å². The van der Waals surface area contributed by atoms with Gasteiger partial charge in [-0.1, -0.05) is 36.9 Å². The molecule has 0 radical (unpaired) electrons. The third-order valence-corrected chi connectivity index (χ3v) is 8.52. The Morgan fingerprint density at radius 3 is 2.68 bits per heavy atom. The van der Waals surface area contributed by atoms with Crippen LogP contribution in [0.1, 0.15) is 50.6 Å². The van der Waals surface area contributed by atoms with E-state index in [2.05, 4.69) is 27.9 Å². The smallest absolute Gasteiger partial charge is 0.203 e. The quantitative estimate of drug-likeness (QED) is 0.355. The lowest BCUT2D eigenvalue weighted by Gasteiger charge is -2.25. The van der Waals surface area contributed by atoms with Crippen molar-refractivity contribution in [3.63, 3.8) is 0 Å². The first-order valence-corrected chi connectivity index (χ1v) is 12.4. The maximum absolute atomic E-state index is 12.4. The molecule has 2 unspecified atom stereocenters. The molecule has 1 fully saturated rings. The third-order valence-electron chi connectivity index (χ3n) is 4.87. The molecule has 1 aromatic rings. The number of benzene rings is 1. The molecule has 7 heteroatoms. The highest BCUT2D eigenvalue weighted by atomic mass is 127. The number of rotatable bonds is 8. The monoisotopic (exact) mass is 499 g/mol. The van der Waals surface area contributed by atoms with Crippen molar-refractivity contribution in [1.29, 1.82) is 0 Å². The lowest BCUT2D eigenvalue weighted by Crippen LogP contribution is -2.32. The third kappa shape index (κ3) is 7.47. The molecule has 0 aliphatic heterocycles. The van der Waals surface area contributed by atoms with Gasteiger partial charge in [0.1, 0.15) is 0 Å². The molecule has 0 saturated heterocycles. The van der Waals surface area contributed by atoms with E-state index in [9.17, 15) is 14.6 Å². The summed E-state index contributed by atoms with van der Waals surface area (Å²) in [6.45, 7) is 2.28. The van der Waals surface area contributed by atoms with Crippen LogP contribution < -0.4 is 5.32 Å². The Kier molecular flexibility index (Phi) is 8.70. The van der Waals surface area contributed by atoms with Gasteiger partial charge in [-0.3, -0.25) is 4.57 Å². The molecule has 0 amide bonds. The van der Waals surface area contributed by atoms with Crippen LogP contribution in [0.2, 0.25) is 5.02 Å². The van der Waals surface area contributed by atoms with Crippen LogP contribution in [0.5, 0.6) is 0 Å². The summed E-state index contributed by atoms with van der Waals surface area (Å²) in [6, 6.07) is 5.88. The fourth-order valence-corrected chi connectivity index (χ4v) is 6.09. The molecule has 1 aromatic carbocycles. The maximum atomic E-state index is 12.4. The highest BCUT2D eigenvalue weighted by Gasteiger charge is 2.28. The summed E-state index contributed by atoms with van der Waals surface area (Å²) in [4.78, 5) is 10.2. The predicted octanol–water partition coefficient (Wildman–Crippen LogP) is 4.81. The summed E-state index contributed by atoms with van der Waals surface area (Å²) in [7, 11) is -3.28. The minimum absolute atomic E-state index is 0.0144. The summed E-state index contributed by atoms with van der Waals surface area (Å²) in [5.41, 5.74) is 1.03. The van der Waals surface area contributed by atoms with Crippen molar-refractivity contribution in [2.75, 3.05) is 18.9 Å². The number of halogens is 2. The van der Waals surface area contributed by atoms with Crippen LogP contribution in [-0.2, 0) is 4.57 Å². The summed E-state index contributed by atoms with van der Waals surface area (Å²) in [5, 5.41) is 14.1. The molecule has 3 atom stereocenters. The van der Waals surface area contributed by atoms with Gasteiger partial charge in [-0.25, -0.2) is 0 Å². The number of hydrogen-bond acceptors (Lipinski definition) is 3. The molecule has 0 spiro atoms. The van der Waals surface area contributed by atoms with Crippen LogP contribution in [0, 0.1) is 9.49 Å². The second kappa shape index (κ2) is 10.0. The highest BCUT2D eigenvalue weighted by Crippen LogP contribution is 2.45. The minimum Gasteiger partial charge on any atom is -0.391 e. The largest absolute Gasteiger partial charge is 0.391 e. The molecule has 1 aliphatic rings. The predicted molar refractivity (Wildman–Crippen MR) is 113 cm³/mol. The zero-order chi connectivity index (χ0) is 18.4. The van der Waals surface area contributed by atoms with E-state index >= 15 is 0 Å². The molecule has 1 aliphatic carbocycles. The van der Waals surface area contributed by atoms with Crippen molar-refractivity contribution in [1.82, 2.24) is 5.32 Å². The lowest BCUT2D eigenvalue weighted by molar-refractivity contribution is 0.186. The molecule has 0 aromatic heterocycles. The van der Waals surface area contributed by atoms with Crippen LogP contribution in [0.3, 0.4) is 0 Å². The zero-order valence-corrected chi connectivity index (χ0v) is 18.4. The van der Waals surface area contributed by atoms with Gasteiger partial charge in [0, 0.05) is 22.3 Å². The first-order valence-electron chi connectivity index (χ1n) is 8.94. The fourth-order valence-electron chi connectivity index (χ4n) is 3.45. The second-order valence-electron chi connectivity index (χ2n) is 7.17. The van der Waals surface area contributed by atoms with Crippen LogP contribution >= 0.6 is 41.6 Å². The van der Waals surface area contributed by atoms with Crippen molar-refractivity contribution in [2.45, 2.75) is 51.2 Å². The van der Waals surface area contributed by atoms with Gasteiger partial charge in [0.15, 0.2) is 0 Å². The van der Waals surface area contributed by atoms with Crippen molar-refractivity contribution < 1.29 is 14.6 Å². The number of hydrogen-bond donors (Lipinski definition) is 3. The minimum atomic E-state index is -3.28. The van der Waals surface area contributed by atoms with E-state index in [1.807, 2.05) is 25.1 Å². The van der Waals surface area contributed by atoms with Crippen LogP contribution in [-0.4, -0.2) is 35.0 Å². The van der Waals surface area contributed by atoms with Crippen LogP contribution in [0.25, 0.3) is 0 Å². The van der Waals surface area contributed by atoms with Gasteiger partial charge in [0.25, 0.3) is 0 Å². The summed E-state index contributed by atoms with van der Waals surface area (Å²) in [6.07, 6.45) is 5.14. The van der Waals surface area contributed by atoms with E-state index in [0.717, 1.165) is 34.8 Å². The van der Waals surface area contributed by atoms with E-state index in [0.29, 0.717) is 23.6 Å². The van der Waals surface area contributed by atoms with Gasteiger partial charge in [-0.15, -0.1) is 0 Å². The molecular formula is C18H28ClINO3P. The van der Waals surface area contributed by atoms with Gasteiger partial charge < -0.3 is 15.3 Å². The van der Waals surface area contributed by atoms with Crippen molar-refractivity contribution >= 4 is 41.6 Å². The van der Waals surface area contributed by atoms with Crippen molar-refractivity contribution in [2.24, 2.45) is 5.92 Å². The second-order valence-corrected chi connectivity index (χ2v) is 11.2. The molecule has 4 nitrogen and oxygen atoms in total. The SMILES string of the molecule is CC(NC[C@@H](O)CP(=O)(O)CC1CCCCC1)c1ccc(I)c(Cl)c1. The first-order chi connectivity index (χ1) is 11.8. The number of nitrogens with one attached hydrogen (secondary N) is 1. The van der Waals surface area contributed by atoms with Gasteiger partial charge in [0.2, 0.25) is 7.37 Å². The Bertz CT molecular complexity index is 610. The molecule has 1 saturated carbocycles. The van der Waals surface area contributed by atoms with E-state index in [-0.39, 0.29) is 12.2 Å². The molecule has 2 rings (SSSR count). The zero-order valence-electron chi connectivity index (χ0n) is 14.6. The molecule has 25 heavy (non-hydrogen) atoms. The average molecular weight is 500 g/mol. The highest BCUT2D eigenvalue weighted by molar-refractivity contribution is 14.1. The Hall–Kier alpha value is 0.350. The van der Waals surface area contributed by atoms with Gasteiger partial charge in [-0.2, -0.15) is 0 Å². The normalized spacial score (nSPS) is 20.8. The molecule has 142 valence electrons. The van der Waals surface area contributed by atoms with E-state index in [1.165, 1.54) is 6.42 Å². The van der Waals surface area contributed by atoms with Crippen LogP contribution in [0.4, 0.5) is 0 Å². The van der Waals surface area contributed by atoms with Gasteiger partial charge in [-0.05, 0) is 66.0 Å². The summed E-state index contributed by atoms with van der Waals surface area (Å²) < 4.78 is 13.4. The number of aliphatic hydroxyl groups excluding tert-OH is 1. The van der Waals surface area contributed by atoms with E-state index in [1.54, 1.807) is 0 Å². The van der Waals surface area contributed by atoms with Crippen LogP contribution in [0.15, 0.2) is 18.2 Å². The summed E-state index contributed by atoms with van der Waals surface area (Å²) >= 11 is 8.33. The fraction of sp³-hybridized carbons (Fsp3) is 0.667. The van der Waals surface area contributed by atoms with Gasteiger partial charge >= 0.3 is 0 Å². The Morgan fingerprint density at radius 1 is 1.36 bits per heavy atom. The topological polar surface area (TPSA) is 69.6 Å². The Morgan fingerprint density at radius 2 is 2.04 bits per heavy atom. The Balaban J connectivity index is 1.79. The van der Waals surface area contributed by atoms with Gasteiger partial charge in [0.05, 0.1) is 17.3 Å². The molecule has 0 heterocycles. The van der Waals surface area contributed by atoms with E-state index < -0.39 is 13.5 Å². The molecule has 0 bridgehead atoms. The maximum Gasteiger partial charge on any atom is 0.203 e. The van der Waals surface area contributed by atoms with Crippen molar-refractivity contribution in [3.8, 4) is 0 Å². The molecular weight excluding hydrogens is 472 g/mol. The van der Waals surface area contributed by atoms with E-state index in [4.69, 9.17) is 11.6 Å². The Labute approximate surface area is 169 Å². The lowest BCUT2D eigenvalue weighted by atomic mass is 9.91.